The van der Waals surface area contributed by atoms with Crippen molar-refractivity contribution < 1.29 is 9.90 Å². The highest BCUT2D eigenvalue weighted by Gasteiger charge is 2.28. The topological polar surface area (TPSA) is 53.4 Å². The quantitative estimate of drug-likeness (QED) is 0.935. The minimum Gasteiger partial charge on any atom is -0.481 e. The van der Waals surface area contributed by atoms with E-state index in [9.17, 15) is 4.79 Å². The first-order valence-corrected chi connectivity index (χ1v) is 7.97. The Morgan fingerprint density at radius 3 is 3.00 bits per heavy atom. The highest BCUT2D eigenvalue weighted by molar-refractivity contribution is 7.14. The molecule has 0 spiro atoms. The Morgan fingerprint density at radius 2 is 2.35 bits per heavy atom. The zero-order chi connectivity index (χ0) is 13.2. The van der Waals surface area contributed by atoms with Crippen LogP contribution >= 0.6 is 35.1 Å². The minimum absolute atomic E-state index is 0. The number of carboxylic acids is 1. The monoisotopic (exact) mass is 330 g/mol. The molecule has 0 aromatic carbocycles. The standard InChI is InChI=1S/C13H14N2O2S2.ClH/c16-13(17)9-1-3-15(5-9)6-11-8-19-12(14-11)10-2-4-18-7-10;/h2,4,7-9H,1,3,5-6H2,(H,16,17);1H. The summed E-state index contributed by atoms with van der Waals surface area (Å²) in [6.07, 6.45) is 0.747. The van der Waals surface area contributed by atoms with Crippen molar-refractivity contribution in [2.45, 2.75) is 13.0 Å². The van der Waals surface area contributed by atoms with Gasteiger partial charge in [0.2, 0.25) is 0 Å². The molecule has 0 saturated carbocycles. The van der Waals surface area contributed by atoms with Crippen LogP contribution in [0.25, 0.3) is 10.6 Å². The molecule has 1 saturated heterocycles. The molecule has 1 aliphatic heterocycles. The van der Waals surface area contributed by atoms with Crippen LogP contribution in [0.15, 0.2) is 22.2 Å². The molecule has 3 rings (SSSR count). The van der Waals surface area contributed by atoms with E-state index in [1.807, 2.05) is 5.38 Å². The molecule has 3 heterocycles. The van der Waals surface area contributed by atoms with Crippen molar-refractivity contribution in [3.63, 3.8) is 0 Å². The Labute approximate surface area is 131 Å². The summed E-state index contributed by atoms with van der Waals surface area (Å²) in [7, 11) is 0. The molecule has 1 fully saturated rings. The van der Waals surface area contributed by atoms with E-state index < -0.39 is 5.97 Å². The number of hydrogen-bond donors (Lipinski definition) is 1. The summed E-state index contributed by atoms with van der Waals surface area (Å²) >= 11 is 3.32. The van der Waals surface area contributed by atoms with E-state index in [2.05, 4.69) is 26.7 Å². The molecule has 20 heavy (non-hydrogen) atoms. The summed E-state index contributed by atoms with van der Waals surface area (Å²) in [6, 6.07) is 2.07. The third-order valence-corrected chi connectivity index (χ3v) is 4.95. The molecular weight excluding hydrogens is 316 g/mol. The van der Waals surface area contributed by atoms with Crippen molar-refractivity contribution in [1.29, 1.82) is 0 Å². The maximum Gasteiger partial charge on any atom is 0.307 e. The summed E-state index contributed by atoms with van der Waals surface area (Å²) in [5.41, 5.74) is 2.21. The third kappa shape index (κ3) is 3.38. The molecule has 7 heteroatoms. The number of hydrogen-bond acceptors (Lipinski definition) is 5. The first-order chi connectivity index (χ1) is 9.22. The van der Waals surface area contributed by atoms with E-state index in [-0.39, 0.29) is 18.3 Å². The van der Waals surface area contributed by atoms with Crippen LogP contribution in [0.4, 0.5) is 0 Å². The predicted octanol–water partition coefficient (Wildman–Crippen LogP) is 3.20. The molecule has 2 aromatic rings. The number of carboxylic acid groups (broad SMARTS) is 1. The molecule has 0 radical (unpaired) electrons. The lowest BCUT2D eigenvalue weighted by atomic mass is 10.1. The van der Waals surface area contributed by atoms with E-state index >= 15 is 0 Å². The highest BCUT2D eigenvalue weighted by atomic mass is 35.5. The number of halogens is 1. The number of rotatable bonds is 4. The van der Waals surface area contributed by atoms with Crippen LogP contribution in [0, 0.1) is 5.92 Å². The Hall–Kier alpha value is -0.950. The molecule has 4 nitrogen and oxygen atoms in total. The lowest BCUT2D eigenvalue weighted by Gasteiger charge is -2.12. The molecule has 1 unspecified atom stereocenters. The van der Waals surface area contributed by atoms with Gasteiger partial charge in [0.05, 0.1) is 11.6 Å². The van der Waals surface area contributed by atoms with Crippen LogP contribution in [-0.2, 0) is 11.3 Å². The van der Waals surface area contributed by atoms with Gasteiger partial charge in [-0.3, -0.25) is 9.69 Å². The van der Waals surface area contributed by atoms with Crippen molar-refractivity contribution >= 4 is 41.0 Å². The van der Waals surface area contributed by atoms with Gasteiger partial charge in [-0.1, -0.05) is 0 Å². The first-order valence-electron chi connectivity index (χ1n) is 6.14. The van der Waals surface area contributed by atoms with Crippen LogP contribution in [-0.4, -0.2) is 34.0 Å². The third-order valence-electron chi connectivity index (χ3n) is 3.33. The second kappa shape index (κ2) is 6.67. The van der Waals surface area contributed by atoms with Gasteiger partial charge < -0.3 is 5.11 Å². The molecule has 0 aliphatic carbocycles. The molecule has 1 N–H and O–H groups in total. The van der Waals surface area contributed by atoms with Gasteiger partial charge in [-0.2, -0.15) is 11.3 Å². The second-order valence-electron chi connectivity index (χ2n) is 4.71. The second-order valence-corrected chi connectivity index (χ2v) is 6.35. The summed E-state index contributed by atoms with van der Waals surface area (Å²) in [5, 5.41) is 16.3. The highest BCUT2D eigenvalue weighted by Crippen LogP contribution is 2.27. The normalized spacial score (nSPS) is 18.9. The molecule has 108 valence electrons. The molecule has 2 aromatic heterocycles. The average Bonchev–Trinajstić information content (AvgIpc) is 3.09. The van der Waals surface area contributed by atoms with Crippen LogP contribution < -0.4 is 0 Å². The largest absolute Gasteiger partial charge is 0.481 e. The van der Waals surface area contributed by atoms with E-state index in [4.69, 9.17) is 5.11 Å². The fourth-order valence-corrected chi connectivity index (χ4v) is 3.83. The summed E-state index contributed by atoms with van der Waals surface area (Å²) in [4.78, 5) is 17.7. The zero-order valence-corrected chi connectivity index (χ0v) is 13.1. The summed E-state index contributed by atoms with van der Waals surface area (Å²) in [5.74, 6) is -0.894. The average molecular weight is 331 g/mol. The van der Waals surface area contributed by atoms with Crippen molar-refractivity contribution in [3.8, 4) is 10.6 Å². The van der Waals surface area contributed by atoms with E-state index in [0.717, 1.165) is 30.2 Å². The first kappa shape index (κ1) is 15.4. The SMILES string of the molecule is Cl.O=C(O)C1CCN(Cc2csc(-c3ccsc3)n2)C1. The van der Waals surface area contributed by atoms with Gasteiger partial charge in [0, 0.05) is 29.4 Å². The number of carbonyl (C=O) groups is 1. The number of aliphatic carboxylic acids is 1. The van der Waals surface area contributed by atoms with Gasteiger partial charge in [-0.25, -0.2) is 4.98 Å². The molecule has 1 aliphatic rings. The fraction of sp³-hybridized carbons (Fsp3) is 0.385. The van der Waals surface area contributed by atoms with Crippen molar-refractivity contribution in [2.75, 3.05) is 13.1 Å². The predicted molar refractivity (Wildman–Crippen MR) is 83.7 cm³/mol. The maximum absolute atomic E-state index is 10.9. The maximum atomic E-state index is 10.9. The Balaban J connectivity index is 0.00000147. The van der Waals surface area contributed by atoms with Gasteiger partial charge in [-0.15, -0.1) is 23.7 Å². The van der Waals surface area contributed by atoms with Crippen LogP contribution in [0.3, 0.4) is 0 Å². The van der Waals surface area contributed by atoms with Crippen LogP contribution in [0.1, 0.15) is 12.1 Å². The van der Waals surface area contributed by atoms with Gasteiger partial charge in [0.25, 0.3) is 0 Å². The number of thiophene rings is 1. The zero-order valence-electron chi connectivity index (χ0n) is 10.7. The Morgan fingerprint density at radius 1 is 1.50 bits per heavy atom. The number of aromatic nitrogens is 1. The van der Waals surface area contributed by atoms with Crippen LogP contribution in [0.5, 0.6) is 0 Å². The van der Waals surface area contributed by atoms with Gasteiger partial charge in [0.1, 0.15) is 5.01 Å². The van der Waals surface area contributed by atoms with Gasteiger partial charge in [-0.05, 0) is 24.4 Å². The van der Waals surface area contributed by atoms with Gasteiger partial charge >= 0.3 is 5.97 Å². The van der Waals surface area contributed by atoms with E-state index in [1.165, 1.54) is 5.56 Å². The van der Waals surface area contributed by atoms with E-state index in [0.29, 0.717) is 6.54 Å². The Bertz CT molecular complexity index is 571. The minimum atomic E-state index is -0.681. The fourth-order valence-electron chi connectivity index (χ4n) is 2.31. The van der Waals surface area contributed by atoms with Crippen molar-refractivity contribution in [2.24, 2.45) is 5.92 Å². The van der Waals surface area contributed by atoms with Gasteiger partial charge in [0.15, 0.2) is 0 Å². The lowest BCUT2D eigenvalue weighted by Crippen LogP contribution is -2.22. The number of thiazole rings is 1. The summed E-state index contributed by atoms with van der Waals surface area (Å²) < 4.78 is 0. The smallest absolute Gasteiger partial charge is 0.307 e. The molecular formula is C13H15ClN2O2S2. The van der Waals surface area contributed by atoms with E-state index in [1.54, 1.807) is 22.7 Å². The van der Waals surface area contributed by atoms with Crippen molar-refractivity contribution in [1.82, 2.24) is 9.88 Å². The lowest BCUT2D eigenvalue weighted by molar-refractivity contribution is -0.141. The molecule has 1 atom stereocenters. The number of nitrogens with zero attached hydrogens (tertiary/aromatic N) is 2. The summed E-state index contributed by atoms with van der Waals surface area (Å²) in [6.45, 7) is 2.24. The van der Waals surface area contributed by atoms with Crippen molar-refractivity contribution in [3.05, 3.63) is 27.9 Å². The van der Waals surface area contributed by atoms with Crippen LogP contribution in [0.2, 0.25) is 0 Å². The molecule has 0 bridgehead atoms. The number of likely N-dealkylation sites (tertiary alicyclic amines) is 1. The Kier molecular flexibility index (Phi) is 5.15. The molecule has 0 amide bonds.